The van der Waals surface area contributed by atoms with Crippen molar-refractivity contribution in [3.8, 4) is 5.75 Å². The summed E-state index contributed by atoms with van der Waals surface area (Å²) in [5.74, 6) is -0.277. The third kappa shape index (κ3) is 5.94. The second-order valence-electron chi connectivity index (χ2n) is 10.1. The zero-order chi connectivity index (χ0) is 29.6. The topological polar surface area (TPSA) is 97.7 Å². The number of thioether (sulfide) groups is 1. The number of rotatable bonds is 9. The number of likely N-dealkylation sites (tertiary alicyclic amines) is 1. The molecule has 0 N–H and O–H groups in total. The Morgan fingerprint density at radius 3 is 2.33 bits per heavy atom. The molecule has 220 valence electrons. The van der Waals surface area contributed by atoms with Crippen LogP contribution in [-0.4, -0.2) is 66.2 Å². The molecule has 1 amide bonds. The van der Waals surface area contributed by atoms with E-state index in [-0.39, 0.29) is 30.8 Å². The van der Waals surface area contributed by atoms with Gasteiger partial charge in [-0.2, -0.15) is 0 Å². The van der Waals surface area contributed by atoms with Crippen molar-refractivity contribution in [3.63, 3.8) is 0 Å². The quantitative estimate of drug-likeness (QED) is 0.370. The van der Waals surface area contributed by atoms with Crippen molar-refractivity contribution in [2.75, 3.05) is 33.4 Å². The van der Waals surface area contributed by atoms with E-state index in [2.05, 4.69) is 0 Å². The van der Waals surface area contributed by atoms with Gasteiger partial charge in [-0.15, -0.1) is 0 Å². The van der Waals surface area contributed by atoms with Gasteiger partial charge in [-0.3, -0.25) is 9.59 Å². The lowest BCUT2D eigenvalue weighted by atomic mass is 9.90. The molecule has 10 heteroatoms. The zero-order valence-electron chi connectivity index (χ0n) is 24.1. The van der Waals surface area contributed by atoms with Gasteiger partial charge in [-0.25, -0.2) is 9.79 Å². The summed E-state index contributed by atoms with van der Waals surface area (Å²) < 4.78 is 16.5. The molecule has 0 bridgehead atoms. The fraction of sp³-hybridized carbons (Fsp3) is 0.375. The summed E-state index contributed by atoms with van der Waals surface area (Å²) in [4.78, 5) is 48.2. The number of benzene rings is 2. The van der Waals surface area contributed by atoms with Crippen molar-refractivity contribution in [1.29, 1.82) is 0 Å². The highest BCUT2D eigenvalue weighted by atomic mass is 32.2. The number of hydrogen-bond acceptors (Lipinski definition) is 9. The molecule has 3 aliphatic rings. The maximum Gasteiger partial charge on any atom is 0.338 e. The van der Waals surface area contributed by atoms with Crippen molar-refractivity contribution in [1.82, 2.24) is 9.80 Å². The van der Waals surface area contributed by atoms with Gasteiger partial charge in [0.15, 0.2) is 5.17 Å². The van der Waals surface area contributed by atoms with Gasteiger partial charge in [0.05, 0.1) is 50.0 Å². The standard InChI is InChI=1S/C32H35N3O6S/c1-4-40-30(37)22-15-17-34(18-16-22)26(36)19-23-20-42-32-33-28(21-11-7-6-8-12-21)27(31(38)41-5-2)29(35(23)32)24-13-9-10-14-25(24)39-3/h6-14,20,22,29H,4-5,15-19H2,1-3H3/t29-/m1/s1. The van der Waals surface area contributed by atoms with E-state index < -0.39 is 12.0 Å². The Kier molecular flexibility index (Phi) is 9.31. The van der Waals surface area contributed by atoms with Gasteiger partial charge >= 0.3 is 11.9 Å². The van der Waals surface area contributed by atoms with E-state index in [0.717, 1.165) is 16.8 Å². The Hall–Kier alpha value is -4.05. The highest BCUT2D eigenvalue weighted by Crippen LogP contribution is 2.49. The number of para-hydroxylation sites is 1. The van der Waals surface area contributed by atoms with Crippen LogP contribution >= 0.6 is 11.8 Å². The van der Waals surface area contributed by atoms with Crippen LogP contribution < -0.4 is 4.74 Å². The van der Waals surface area contributed by atoms with Crippen LogP contribution in [0.1, 0.15) is 50.3 Å². The SMILES string of the molecule is CCOC(=O)C1=C(c2ccccc2)N=C2SC=C(CC(=O)N3CCC(C(=O)OCC)CC3)N2[C@@H]1c1ccccc1OC. The molecule has 0 radical (unpaired) electrons. The van der Waals surface area contributed by atoms with Gasteiger partial charge in [-0.05, 0) is 38.2 Å². The Morgan fingerprint density at radius 1 is 0.952 bits per heavy atom. The molecule has 0 aromatic heterocycles. The third-order valence-corrected chi connectivity index (χ3v) is 8.47. The number of ether oxygens (including phenoxy) is 3. The van der Waals surface area contributed by atoms with Crippen LogP contribution in [0.15, 0.2) is 76.3 Å². The molecule has 1 fully saturated rings. The molecular weight excluding hydrogens is 554 g/mol. The second kappa shape index (κ2) is 13.3. The van der Waals surface area contributed by atoms with Gasteiger partial charge in [0.2, 0.25) is 5.91 Å². The predicted octanol–water partition coefficient (Wildman–Crippen LogP) is 5.16. The molecule has 1 atom stereocenters. The summed E-state index contributed by atoms with van der Waals surface area (Å²) >= 11 is 1.43. The van der Waals surface area contributed by atoms with E-state index in [1.165, 1.54) is 11.8 Å². The number of nitrogens with zero attached hydrogens (tertiary/aromatic N) is 3. The molecule has 1 saturated heterocycles. The van der Waals surface area contributed by atoms with Gasteiger partial charge in [0.25, 0.3) is 0 Å². The molecule has 3 aliphatic heterocycles. The number of aliphatic imine (C=N–C) groups is 1. The maximum atomic E-state index is 13.7. The fourth-order valence-corrected chi connectivity index (χ4v) is 6.49. The summed E-state index contributed by atoms with van der Waals surface area (Å²) in [6.45, 7) is 5.11. The first-order chi connectivity index (χ1) is 20.5. The van der Waals surface area contributed by atoms with Crippen molar-refractivity contribution in [2.45, 2.75) is 39.2 Å². The first-order valence-corrected chi connectivity index (χ1v) is 15.1. The molecule has 9 nitrogen and oxygen atoms in total. The van der Waals surface area contributed by atoms with Crippen LogP contribution in [0.4, 0.5) is 0 Å². The minimum atomic E-state index is -0.633. The molecule has 2 aromatic carbocycles. The number of hydrogen-bond donors (Lipinski definition) is 0. The van der Waals surface area contributed by atoms with Crippen LogP contribution in [0.3, 0.4) is 0 Å². The van der Waals surface area contributed by atoms with Crippen molar-refractivity contribution in [3.05, 3.63) is 82.4 Å². The average Bonchev–Trinajstić information content (AvgIpc) is 3.42. The second-order valence-corrected chi connectivity index (χ2v) is 10.9. The summed E-state index contributed by atoms with van der Waals surface area (Å²) in [6.07, 6.45) is 1.28. The van der Waals surface area contributed by atoms with E-state index in [9.17, 15) is 14.4 Å². The minimum Gasteiger partial charge on any atom is -0.496 e. The van der Waals surface area contributed by atoms with Gasteiger partial charge in [-0.1, -0.05) is 60.3 Å². The highest BCUT2D eigenvalue weighted by molar-refractivity contribution is 8.16. The third-order valence-electron chi connectivity index (χ3n) is 7.59. The van der Waals surface area contributed by atoms with Crippen molar-refractivity contribution < 1.29 is 28.6 Å². The lowest BCUT2D eigenvalue weighted by Crippen LogP contribution is -2.42. The molecule has 0 unspecified atom stereocenters. The molecule has 0 aliphatic carbocycles. The Balaban J connectivity index is 1.50. The van der Waals surface area contributed by atoms with Gasteiger partial charge in [0, 0.05) is 29.9 Å². The first kappa shape index (κ1) is 29.4. The molecule has 42 heavy (non-hydrogen) atoms. The van der Waals surface area contributed by atoms with E-state index >= 15 is 0 Å². The van der Waals surface area contributed by atoms with E-state index in [1.807, 2.05) is 64.9 Å². The van der Waals surface area contributed by atoms with Crippen LogP contribution in [-0.2, 0) is 23.9 Å². The Bertz CT molecular complexity index is 1430. The lowest BCUT2D eigenvalue weighted by molar-refractivity contribution is -0.151. The minimum absolute atomic E-state index is 0.0419. The summed E-state index contributed by atoms with van der Waals surface area (Å²) in [5.41, 5.74) is 3.21. The lowest BCUT2D eigenvalue weighted by Gasteiger charge is -2.38. The molecule has 0 spiro atoms. The highest BCUT2D eigenvalue weighted by Gasteiger charge is 2.43. The number of esters is 2. The average molecular weight is 590 g/mol. The van der Waals surface area contributed by atoms with Crippen molar-refractivity contribution in [2.24, 2.45) is 10.9 Å². The Labute approximate surface area is 250 Å². The molecule has 5 rings (SSSR count). The van der Waals surface area contributed by atoms with Crippen molar-refractivity contribution >= 4 is 40.5 Å². The number of amidine groups is 1. The normalized spacial score (nSPS) is 18.7. The predicted molar refractivity (Wildman–Crippen MR) is 161 cm³/mol. The first-order valence-electron chi connectivity index (χ1n) is 14.2. The van der Waals surface area contributed by atoms with Crippen LogP contribution in [0, 0.1) is 5.92 Å². The zero-order valence-corrected chi connectivity index (χ0v) is 24.9. The van der Waals surface area contributed by atoms with Crippen LogP contribution in [0.5, 0.6) is 5.75 Å². The number of carbonyl (C=O) groups is 3. The summed E-state index contributed by atoms with van der Waals surface area (Å²) in [7, 11) is 1.60. The molecule has 0 saturated carbocycles. The van der Waals surface area contributed by atoms with E-state index in [4.69, 9.17) is 19.2 Å². The van der Waals surface area contributed by atoms with E-state index in [0.29, 0.717) is 54.7 Å². The molecule has 3 heterocycles. The Morgan fingerprint density at radius 2 is 1.64 bits per heavy atom. The van der Waals surface area contributed by atoms with Gasteiger partial charge < -0.3 is 24.0 Å². The largest absolute Gasteiger partial charge is 0.496 e. The monoisotopic (exact) mass is 589 g/mol. The number of carbonyl (C=O) groups excluding carboxylic acids is 3. The van der Waals surface area contributed by atoms with Gasteiger partial charge in [0.1, 0.15) is 5.75 Å². The number of fused-ring (bicyclic) bond motifs is 1. The summed E-state index contributed by atoms with van der Waals surface area (Å²) in [6, 6.07) is 16.5. The summed E-state index contributed by atoms with van der Waals surface area (Å²) in [5, 5.41) is 2.60. The van der Waals surface area contributed by atoms with E-state index in [1.54, 1.807) is 25.9 Å². The number of amides is 1. The number of methoxy groups -OCH3 is 1. The molecule has 2 aromatic rings. The molecular formula is C32H35N3O6S. The van der Waals surface area contributed by atoms with Crippen LogP contribution in [0.25, 0.3) is 5.70 Å². The van der Waals surface area contributed by atoms with Crippen LogP contribution in [0.2, 0.25) is 0 Å². The fourth-order valence-electron chi connectivity index (χ4n) is 5.57. The smallest absolute Gasteiger partial charge is 0.338 e. The maximum absolute atomic E-state index is 13.7. The number of piperidine rings is 1.